The highest BCUT2D eigenvalue weighted by molar-refractivity contribution is 5.42. The summed E-state index contributed by atoms with van der Waals surface area (Å²) >= 11 is 0. The van der Waals surface area contributed by atoms with Crippen LogP contribution in [0, 0.1) is 0 Å². The van der Waals surface area contributed by atoms with Crippen molar-refractivity contribution in [1.29, 1.82) is 0 Å². The Morgan fingerprint density at radius 1 is 1.05 bits per heavy atom. The zero-order valence-electron chi connectivity index (χ0n) is 12.0. The number of hydrogen-bond acceptors (Lipinski definition) is 7. The summed E-state index contributed by atoms with van der Waals surface area (Å²) < 4.78 is 0. The predicted octanol–water partition coefficient (Wildman–Crippen LogP) is 0.560. The fourth-order valence-corrected chi connectivity index (χ4v) is 2.84. The average Bonchev–Trinajstić information content (AvgIpc) is 2.95. The van der Waals surface area contributed by atoms with Crippen LogP contribution in [0.3, 0.4) is 0 Å². The summed E-state index contributed by atoms with van der Waals surface area (Å²) in [6.07, 6.45) is 4.62. The second-order valence-corrected chi connectivity index (χ2v) is 5.73. The lowest BCUT2D eigenvalue weighted by molar-refractivity contribution is 0.263. The van der Waals surface area contributed by atoms with Crippen molar-refractivity contribution in [1.82, 2.24) is 19.9 Å². The molecule has 0 unspecified atom stereocenters. The SMILES string of the molecule is CN1CCC(Nc2nc(N)nc(N3CCCC3)n2)CC1. The van der Waals surface area contributed by atoms with Crippen molar-refractivity contribution in [3.8, 4) is 0 Å². The molecule has 110 valence electrons. The Morgan fingerprint density at radius 2 is 1.75 bits per heavy atom. The van der Waals surface area contributed by atoms with Gasteiger partial charge in [-0.1, -0.05) is 0 Å². The Kier molecular flexibility index (Phi) is 3.86. The molecule has 0 radical (unpaired) electrons. The van der Waals surface area contributed by atoms with Crippen molar-refractivity contribution in [3.63, 3.8) is 0 Å². The molecule has 3 rings (SSSR count). The van der Waals surface area contributed by atoms with Gasteiger partial charge in [0.1, 0.15) is 0 Å². The van der Waals surface area contributed by atoms with E-state index in [4.69, 9.17) is 5.73 Å². The Balaban J connectivity index is 1.69. The van der Waals surface area contributed by atoms with Crippen LogP contribution in [0.4, 0.5) is 17.8 Å². The van der Waals surface area contributed by atoms with Gasteiger partial charge in [0.2, 0.25) is 17.8 Å². The molecule has 2 fully saturated rings. The maximum Gasteiger partial charge on any atom is 0.231 e. The topological polar surface area (TPSA) is 83.2 Å². The van der Waals surface area contributed by atoms with Crippen LogP contribution in [0.25, 0.3) is 0 Å². The van der Waals surface area contributed by atoms with Crippen molar-refractivity contribution in [2.75, 3.05) is 49.2 Å². The molecule has 0 bridgehead atoms. The molecule has 2 saturated heterocycles. The molecule has 2 aliphatic heterocycles. The predicted molar refractivity (Wildman–Crippen MR) is 79.8 cm³/mol. The summed E-state index contributed by atoms with van der Waals surface area (Å²) in [7, 11) is 2.16. The molecule has 7 nitrogen and oxygen atoms in total. The zero-order chi connectivity index (χ0) is 13.9. The van der Waals surface area contributed by atoms with Crippen molar-refractivity contribution >= 4 is 17.8 Å². The van der Waals surface area contributed by atoms with E-state index in [0.29, 0.717) is 23.9 Å². The minimum atomic E-state index is 0.303. The van der Waals surface area contributed by atoms with E-state index in [9.17, 15) is 0 Å². The second-order valence-electron chi connectivity index (χ2n) is 5.73. The van der Waals surface area contributed by atoms with Crippen LogP contribution in [0.5, 0.6) is 0 Å². The lowest BCUT2D eigenvalue weighted by Gasteiger charge is -2.29. The number of nitrogens with two attached hydrogens (primary N) is 1. The fourth-order valence-electron chi connectivity index (χ4n) is 2.84. The first kappa shape index (κ1) is 13.4. The standard InChI is InChI=1S/C13H23N7/c1-19-8-4-10(5-9-19)15-12-16-11(14)17-13(18-12)20-6-2-3-7-20/h10H,2-9H2,1H3,(H3,14,15,16,17,18). The highest BCUT2D eigenvalue weighted by atomic mass is 15.3. The maximum absolute atomic E-state index is 5.82. The molecule has 7 heteroatoms. The molecule has 0 amide bonds. The Morgan fingerprint density at radius 3 is 2.45 bits per heavy atom. The number of aromatic nitrogens is 3. The van der Waals surface area contributed by atoms with Crippen molar-refractivity contribution < 1.29 is 0 Å². The quantitative estimate of drug-likeness (QED) is 0.835. The van der Waals surface area contributed by atoms with Crippen LogP contribution in [0.2, 0.25) is 0 Å². The minimum Gasteiger partial charge on any atom is -0.368 e. The molecule has 0 saturated carbocycles. The fraction of sp³-hybridized carbons (Fsp3) is 0.769. The van der Waals surface area contributed by atoms with E-state index in [0.717, 1.165) is 39.0 Å². The minimum absolute atomic E-state index is 0.303. The molecule has 0 spiro atoms. The summed E-state index contributed by atoms with van der Waals surface area (Å²) in [4.78, 5) is 17.5. The number of nitrogens with one attached hydrogen (secondary N) is 1. The molecule has 20 heavy (non-hydrogen) atoms. The lowest BCUT2D eigenvalue weighted by Crippen LogP contribution is -2.37. The smallest absolute Gasteiger partial charge is 0.231 e. The van der Waals surface area contributed by atoms with Gasteiger partial charge in [-0.05, 0) is 45.8 Å². The van der Waals surface area contributed by atoms with Gasteiger partial charge in [0.15, 0.2) is 0 Å². The molecular formula is C13H23N7. The summed E-state index contributed by atoms with van der Waals surface area (Å²) in [6, 6.07) is 0.430. The normalized spacial score (nSPS) is 21.4. The third-order valence-corrected chi connectivity index (χ3v) is 4.08. The molecular weight excluding hydrogens is 254 g/mol. The van der Waals surface area contributed by atoms with Crippen molar-refractivity contribution in [2.45, 2.75) is 31.7 Å². The van der Waals surface area contributed by atoms with Gasteiger partial charge in [-0.25, -0.2) is 0 Å². The van der Waals surface area contributed by atoms with E-state index in [1.54, 1.807) is 0 Å². The first-order chi connectivity index (χ1) is 9.70. The summed E-state index contributed by atoms with van der Waals surface area (Å²) in [5.74, 6) is 1.64. The molecule has 0 aliphatic carbocycles. The van der Waals surface area contributed by atoms with Crippen LogP contribution in [-0.4, -0.2) is 59.1 Å². The maximum atomic E-state index is 5.82. The Labute approximate surface area is 119 Å². The number of nitrogens with zero attached hydrogens (tertiary/aromatic N) is 5. The number of nitrogen functional groups attached to an aromatic ring is 1. The van der Waals surface area contributed by atoms with Gasteiger partial charge in [0.25, 0.3) is 0 Å². The zero-order valence-corrected chi connectivity index (χ0v) is 12.0. The lowest BCUT2D eigenvalue weighted by atomic mass is 10.1. The molecule has 1 aromatic rings. The number of rotatable bonds is 3. The summed E-state index contributed by atoms with van der Waals surface area (Å²) in [6.45, 7) is 4.24. The molecule has 3 heterocycles. The van der Waals surface area contributed by atoms with Gasteiger partial charge >= 0.3 is 0 Å². The first-order valence-corrected chi connectivity index (χ1v) is 7.42. The van der Waals surface area contributed by atoms with Gasteiger partial charge in [-0.2, -0.15) is 15.0 Å². The van der Waals surface area contributed by atoms with E-state index in [2.05, 4.69) is 37.1 Å². The first-order valence-electron chi connectivity index (χ1n) is 7.42. The highest BCUT2D eigenvalue weighted by Gasteiger charge is 2.20. The van der Waals surface area contributed by atoms with Gasteiger partial charge < -0.3 is 20.9 Å². The van der Waals surface area contributed by atoms with Crippen molar-refractivity contribution in [2.24, 2.45) is 0 Å². The molecule has 3 N–H and O–H groups in total. The largest absolute Gasteiger partial charge is 0.368 e. The van der Waals surface area contributed by atoms with E-state index in [1.165, 1.54) is 12.8 Å². The molecule has 0 aromatic carbocycles. The van der Waals surface area contributed by atoms with Crippen LogP contribution in [0.15, 0.2) is 0 Å². The van der Waals surface area contributed by atoms with E-state index < -0.39 is 0 Å². The van der Waals surface area contributed by atoms with Gasteiger partial charge in [-0.15, -0.1) is 0 Å². The third-order valence-electron chi connectivity index (χ3n) is 4.08. The number of hydrogen-bond donors (Lipinski definition) is 2. The van der Waals surface area contributed by atoms with E-state index in [1.807, 2.05) is 0 Å². The second kappa shape index (κ2) is 5.78. The van der Waals surface area contributed by atoms with E-state index in [-0.39, 0.29) is 0 Å². The van der Waals surface area contributed by atoms with Gasteiger partial charge in [0, 0.05) is 19.1 Å². The molecule has 0 atom stereocenters. The Hall–Kier alpha value is -1.63. The number of piperidine rings is 1. The van der Waals surface area contributed by atoms with Gasteiger partial charge in [0.05, 0.1) is 0 Å². The summed E-state index contributed by atoms with van der Waals surface area (Å²) in [5.41, 5.74) is 5.82. The highest BCUT2D eigenvalue weighted by Crippen LogP contribution is 2.19. The molecule has 2 aliphatic rings. The van der Waals surface area contributed by atoms with Crippen LogP contribution in [0.1, 0.15) is 25.7 Å². The number of anilines is 3. The monoisotopic (exact) mass is 277 g/mol. The Bertz CT molecular complexity index is 450. The van der Waals surface area contributed by atoms with Crippen LogP contribution in [-0.2, 0) is 0 Å². The summed E-state index contributed by atoms with van der Waals surface area (Å²) in [5, 5.41) is 3.41. The van der Waals surface area contributed by atoms with Gasteiger partial charge in [-0.3, -0.25) is 0 Å². The third kappa shape index (κ3) is 3.09. The average molecular weight is 277 g/mol. The van der Waals surface area contributed by atoms with E-state index >= 15 is 0 Å². The van der Waals surface area contributed by atoms with Crippen molar-refractivity contribution in [3.05, 3.63) is 0 Å². The number of likely N-dealkylation sites (tertiary alicyclic amines) is 1. The van der Waals surface area contributed by atoms with Crippen LogP contribution >= 0.6 is 0 Å². The van der Waals surface area contributed by atoms with Crippen LogP contribution < -0.4 is 16.0 Å². The molecule has 1 aromatic heterocycles.